The summed E-state index contributed by atoms with van der Waals surface area (Å²) in [6.45, 7) is 8.69. The van der Waals surface area contributed by atoms with Gasteiger partial charge in [0, 0.05) is 38.7 Å². The molecule has 0 unspecified atom stereocenters. The van der Waals surface area contributed by atoms with Crippen LogP contribution in [0.3, 0.4) is 0 Å². The molecule has 0 aliphatic carbocycles. The molecule has 45 heavy (non-hydrogen) atoms. The fourth-order valence-corrected chi connectivity index (χ4v) is 7.48. The number of ether oxygens (including phenoxy) is 2. The van der Waals surface area contributed by atoms with Gasteiger partial charge in [-0.2, -0.15) is 4.98 Å². The number of carbonyl (C=O) groups is 1. The molecule has 1 fully saturated rings. The maximum atomic E-state index is 13.8. The molecule has 0 spiro atoms. The van der Waals surface area contributed by atoms with E-state index in [4.69, 9.17) is 14.0 Å². The van der Waals surface area contributed by atoms with E-state index in [-0.39, 0.29) is 17.7 Å². The molecule has 1 N–H and O–H groups in total. The summed E-state index contributed by atoms with van der Waals surface area (Å²) in [6.07, 6.45) is 3.37. The molecule has 12 nitrogen and oxygen atoms in total. The summed E-state index contributed by atoms with van der Waals surface area (Å²) < 4.78 is 42.1. The number of amides is 1. The highest BCUT2D eigenvalue weighted by Crippen LogP contribution is 2.36. The van der Waals surface area contributed by atoms with Gasteiger partial charge in [-0.1, -0.05) is 37.2 Å². The number of sulfone groups is 1. The fraction of sp³-hybridized carbons (Fsp3) is 0.531. The molecule has 2 aromatic carbocycles. The first kappa shape index (κ1) is 34.2. The first-order chi connectivity index (χ1) is 21.6. The lowest BCUT2D eigenvalue weighted by molar-refractivity contribution is -0.125. The minimum Gasteiger partial charge on any atom is -0.494 e. The Morgan fingerprint density at radius 1 is 1.11 bits per heavy atom. The number of rotatable bonds is 16. The summed E-state index contributed by atoms with van der Waals surface area (Å²) in [7, 11) is -2.56. The molecule has 1 amide bonds. The predicted molar refractivity (Wildman–Crippen MR) is 169 cm³/mol. The van der Waals surface area contributed by atoms with Crippen LogP contribution in [-0.4, -0.2) is 74.1 Å². The molecular weight excluding hydrogens is 598 g/mol. The second-order valence-electron chi connectivity index (χ2n) is 11.9. The van der Waals surface area contributed by atoms with Crippen molar-refractivity contribution in [3.05, 3.63) is 64.4 Å². The van der Waals surface area contributed by atoms with E-state index in [0.29, 0.717) is 69.1 Å². The van der Waals surface area contributed by atoms with Crippen LogP contribution in [0.4, 0.5) is 0 Å². The molecule has 0 radical (unpaired) electrons. The summed E-state index contributed by atoms with van der Waals surface area (Å²) >= 11 is 0. The summed E-state index contributed by atoms with van der Waals surface area (Å²) in [5.41, 5.74) is 5.20. The third kappa shape index (κ3) is 8.33. The molecule has 13 heteroatoms. The van der Waals surface area contributed by atoms with Crippen molar-refractivity contribution in [2.75, 3.05) is 40.0 Å². The van der Waals surface area contributed by atoms with Crippen molar-refractivity contribution >= 4 is 15.7 Å². The molecule has 3 aromatic rings. The van der Waals surface area contributed by atoms with Crippen LogP contribution in [0.2, 0.25) is 0 Å². The van der Waals surface area contributed by atoms with E-state index in [9.17, 15) is 18.1 Å². The van der Waals surface area contributed by atoms with Gasteiger partial charge in [0.1, 0.15) is 5.75 Å². The number of piperidine rings is 1. The second-order valence-corrected chi connectivity index (χ2v) is 14.1. The lowest BCUT2D eigenvalue weighted by Crippen LogP contribution is -2.57. The monoisotopic (exact) mass is 641 g/mol. The van der Waals surface area contributed by atoms with Crippen molar-refractivity contribution in [1.82, 2.24) is 20.5 Å². The van der Waals surface area contributed by atoms with Gasteiger partial charge >= 0.3 is 0 Å². The summed E-state index contributed by atoms with van der Waals surface area (Å²) in [6, 6.07) is 12.3. The van der Waals surface area contributed by atoms with Gasteiger partial charge in [-0.05, 0) is 80.3 Å². The van der Waals surface area contributed by atoms with Crippen molar-refractivity contribution in [1.29, 1.82) is 0 Å². The van der Waals surface area contributed by atoms with Crippen LogP contribution in [0.1, 0.15) is 56.5 Å². The highest BCUT2D eigenvalue weighted by molar-refractivity contribution is 7.93. The molecule has 1 saturated heterocycles. The number of carbonyl (C=O) groups excluding carboxylic acids is 1. The lowest BCUT2D eigenvalue weighted by atomic mass is 9.95. The van der Waals surface area contributed by atoms with Crippen LogP contribution >= 0.6 is 0 Å². The fourth-order valence-electron chi connectivity index (χ4n) is 5.53. The van der Waals surface area contributed by atoms with E-state index in [2.05, 4.69) is 48.3 Å². The van der Waals surface area contributed by atoms with E-state index in [1.807, 2.05) is 16.4 Å². The Morgan fingerprint density at radius 3 is 2.49 bits per heavy atom. The number of hydrogen-bond acceptors (Lipinski definition) is 11. The number of aromatic nitrogens is 2. The van der Waals surface area contributed by atoms with Crippen molar-refractivity contribution < 1.29 is 27.2 Å². The van der Waals surface area contributed by atoms with Gasteiger partial charge in [0.25, 0.3) is 5.91 Å². The normalized spacial score (nSPS) is 15.2. The highest BCUT2D eigenvalue weighted by atomic mass is 32.2. The van der Waals surface area contributed by atoms with Crippen molar-refractivity contribution in [2.45, 2.75) is 68.9 Å². The standard InChI is InChI=1S/C32H43N5O7S/c1-23(2)7-8-25-9-14-28(24(3)22-25)30-33-29(44-35-30)6-5-20-43-26-10-12-27(13-11-26)45(40,41)32(31(38)34-36-39)15-17-37(18-16-32)19-21-42-4/h9-14,22-23H,5-8,15-21H2,1-4H3,(H,34,38,39). The largest absolute Gasteiger partial charge is 0.494 e. The quantitative estimate of drug-likeness (QED) is 0.132. The first-order valence-corrected chi connectivity index (χ1v) is 16.8. The molecule has 2 heterocycles. The number of nitrogens with zero attached hydrogens (tertiary/aromatic N) is 4. The number of aryl methyl sites for hydroxylation is 3. The van der Waals surface area contributed by atoms with E-state index in [1.165, 1.54) is 17.7 Å². The Labute approximate surface area is 264 Å². The van der Waals surface area contributed by atoms with Crippen LogP contribution in [0.5, 0.6) is 5.75 Å². The molecule has 0 atom stereocenters. The average Bonchev–Trinajstić information content (AvgIpc) is 3.50. The van der Waals surface area contributed by atoms with Gasteiger partial charge in [0.15, 0.2) is 14.6 Å². The SMILES string of the molecule is COCCN1CCC(C(=O)NN=O)(S(=O)(=O)c2ccc(OCCCc3nc(-c4ccc(CCC(C)C)cc4C)no3)cc2)CC1. The second kappa shape index (κ2) is 15.5. The Morgan fingerprint density at radius 2 is 1.84 bits per heavy atom. The average molecular weight is 642 g/mol. The Bertz CT molecular complexity index is 1530. The Kier molecular flexibility index (Phi) is 11.8. The number of benzene rings is 2. The number of nitrogens with one attached hydrogen (secondary N) is 1. The van der Waals surface area contributed by atoms with Crippen LogP contribution in [-0.2, 0) is 32.2 Å². The minimum atomic E-state index is -4.15. The van der Waals surface area contributed by atoms with Crippen LogP contribution < -0.4 is 10.2 Å². The maximum absolute atomic E-state index is 13.8. The molecule has 1 aliphatic heterocycles. The van der Waals surface area contributed by atoms with Crippen molar-refractivity contribution in [3.8, 4) is 17.1 Å². The molecular formula is C32H43N5O7S. The van der Waals surface area contributed by atoms with E-state index in [1.54, 1.807) is 19.2 Å². The molecule has 244 valence electrons. The number of methoxy groups -OCH3 is 1. The zero-order valence-corrected chi connectivity index (χ0v) is 27.3. The molecule has 4 rings (SSSR count). The van der Waals surface area contributed by atoms with Crippen molar-refractivity contribution in [3.63, 3.8) is 0 Å². The van der Waals surface area contributed by atoms with E-state index < -0.39 is 20.5 Å². The zero-order valence-electron chi connectivity index (χ0n) is 26.5. The van der Waals surface area contributed by atoms with Crippen LogP contribution in [0.15, 0.2) is 57.2 Å². The molecule has 0 bridgehead atoms. The predicted octanol–water partition coefficient (Wildman–Crippen LogP) is 4.70. The molecule has 1 aliphatic rings. The van der Waals surface area contributed by atoms with Crippen molar-refractivity contribution in [2.24, 2.45) is 11.2 Å². The maximum Gasteiger partial charge on any atom is 0.264 e. The van der Waals surface area contributed by atoms with Gasteiger partial charge in [-0.25, -0.2) is 13.8 Å². The highest BCUT2D eigenvalue weighted by Gasteiger charge is 2.53. The number of hydrogen-bond donors (Lipinski definition) is 1. The van der Waals surface area contributed by atoms with Gasteiger partial charge in [0.2, 0.25) is 11.7 Å². The van der Waals surface area contributed by atoms with E-state index >= 15 is 0 Å². The molecule has 1 aromatic heterocycles. The Balaban J connectivity index is 1.32. The topological polar surface area (TPSA) is 153 Å². The zero-order chi connectivity index (χ0) is 32.5. The number of likely N-dealkylation sites (tertiary alicyclic amines) is 1. The first-order valence-electron chi connectivity index (χ1n) is 15.3. The van der Waals surface area contributed by atoms with Gasteiger partial charge in [-0.15, -0.1) is 4.91 Å². The van der Waals surface area contributed by atoms with Gasteiger partial charge in [-0.3, -0.25) is 4.79 Å². The van der Waals surface area contributed by atoms with Crippen LogP contribution in [0, 0.1) is 17.7 Å². The van der Waals surface area contributed by atoms with Crippen LogP contribution in [0.25, 0.3) is 11.4 Å². The Hall–Kier alpha value is -3.68. The smallest absolute Gasteiger partial charge is 0.264 e. The summed E-state index contributed by atoms with van der Waals surface area (Å²) in [5.74, 6) is 1.30. The van der Waals surface area contributed by atoms with Gasteiger partial charge < -0.3 is 18.9 Å². The van der Waals surface area contributed by atoms with E-state index in [0.717, 1.165) is 24.0 Å². The van der Waals surface area contributed by atoms with Gasteiger partial charge in [0.05, 0.1) is 23.4 Å². The summed E-state index contributed by atoms with van der Waals surface area (Å²) in [4.78, 5) is 30.3. The third-order valence-electron chi connectivity index (χ3n) is 8.30. The minimum absolute atomic E-state index is 0.0251. The third-order valence-corrected chi connectivity index (χ3v) is 10.8. The molecule has 0 saturated carbocycles. The summed E-state index contributed by atoms with van der Waals surface area (Å²) in [5, 5.41) is 6.62. The number of nitroso groups, excluding NO2 is 1. The lowest BCUT2D eigenvalue weighted by Gasteiger charge is -2.39.